The normalized spacial score (nSPS) is 15.0. The Balaban J connectivity index is 1.39. The van der Waals surface area contributed by atoms with Crippen LogP contribution in [0.4, 0.5) is 10.1 Å². The van der Waals surface area contributed by atoms with E-state index in [9.17, 15) is 9.18 Å². The SMILES string of the molecule is Cc1cccc(C(CC(=O)N2CCN(c3ccccc3F)CC2)c2cn(C)c3ccccc23)c1. The molecule has 0 radical (unpaired) electrons. The van der Waals surface area contributed by atoms with Gasteiger partial charge in [-0.25, -0.2) is 4.39 Å². The van der Waals surface area contributed by atoms with Crippen molar-refractivity contribution in [3.63, 3.8) is 0 Å². The van der Waals surface area contributed by atoms with Crippen LogP contribution >= 0.6 is 0 Å². The minimum atomic E-state index is -0.210. The molecule has 0 spiro atoms. The van der Waals surface area contributed by atoms with Gasteiger partial charge in [-0.05, 0) is 36.2 Å². The summed E-state index contributed by atoms with van der Waals surface area (Å²) in [6, 6.07) is 23.7. The van der Waals surface area contributed by atoms with Crippen molar-refractivity contribution in [2.45, 2.75) is 19.3 Å². The lowest BCUT2D eigenvalue weighted by molar-refractivity contribution is -0.131. The van der Waals surface area contributed by atoms with Crippen molar-refractivity contribution in [2.75, 3.05) is 31.1 Å². The maximum absolute atomic E-state index is 14.2. The van der Waals surface area contributed by atoms with E-state index in [-0.39, 0.29) is 17.6 Å². The number of aryl methyl sites for hydroxylation is 2. The average molecular weight is 456 g/mol. The largest absolute Gasteiger partial charge is 0.366 e. The molecule has 0 N–H and O–H groups in total. The molecule has 34 heavy (non-hydrogen) atoms. The molecule has 0 aliphatic carbocycles. The first-order valence-electron chi connectivity index (χ1n) is 11.9. The lowest BCUT2D eigenvalue weighted by Gasteiger charge is -2.36. The number of carbonyl (C=O) groups is 1. The van der Waals surface area contributed by atoms with Crippen molar-refractivity contribution in [2.24, 2.45) is 7.05 Å². The summed E-state index contributed by atoms with van der Waals surface area (Å²) in [5.74, 6) is -0.0894. The van der Waals surface area contributed by atoms with Gasteiger partial charge in [0.1, 0.15) is 5.82 Å². The van der Waals surface area contributed by atoms with Crippen LogP contribution in [0.1, 0.15) is 29.0 Å². The third-order valence-corrected chi connectivity index (χ3v) is 6.95. The highest BCUT2D eigenvalue weighted by atomic mass is 19.1. The van der Waals surface area contributed by atoms with Gasteiger partial charge in [-0.3, -0.25) is 4.79 Å². The number of fused-ring (bicyclic) bond motifs is 1. The van der Waals surface area contributed by atoms with E-state index >= 15 is 0 Å². The highest BCUT2D eigenvalue weighted by molar-refractivity contribution is 5.86. The molecule has 1 aliphatic heterocycles. The minimum absolute atomic E-state index is 0.0249. The molecule has 1 unspecified atom stereocenters. The van der Waals surface area contributed by atoms with E-state index in [1.165, 1.54) is 28.1 Å². The third-order valence-electron chi connectivity index (χ3n) is 6.95. The molecule has 4 aromatic rings. The maximum atomic E-state index is 14.2. The zero-order valence-electron chi connectivity index (χ0n) is 19.7. The van der Waals surface area contributed by atoms with Crippen LogP contribution in [0.15, 0.2) is 79.0 Å². The van der Waals surface area contributed by atoms with Crippen LogP contribution in [0.25, 0.3) is 10.9 Å². The number of rotatable bonds is 5. The van der Waals surface area contributed by atoms with E-state index in [0.29, 0.717) is 38.3 Å². The average Bonchev–Trinajstić information content (AvgIpc) is 3.19. The number of halogens is 1. The van der Waals surface area contributed by atoms with Gasteiger partial charge in [-0.2, -0.15) is 0 Å². The molecule has 4 nitrogen and oxygen atoms in total. The molecular formula is C29H30FN3O. The molecule has 0 bridgehead atoms. The number of para-hydroxylation sites is 2. The molecule has 174 valence electrons. The summed E-state index contributed by atoms with van der Waals surface area (Å²) in [6.07, 6.45) is 2.58. The Bertz CT molecular complexity index is 1320. The van der Waals surface area contributed by atoms with Gasteiger partial charge in [-0.1, -0.05) is 60.2 Å². The van der Waals surface area contributed by atoms with Gasteiger partial charge in [0.25, 0.3) is 0 Å². The second kappa shape index (κ2) is 9.34. The summed E-state index contributed by atoms with van der Waals surface area (Å²) < 4.78 is 16.4. The fourth-order valence-electron chi connectivity index (χ4n) is 5.15. The number of aromatic nitrogens is 1. The highest BCUT2D eigenvalue weighted by Crippen LogP contribution is 2.35. The van der Waals surface area contributed by atoms with E-state index in [0.717, 1.165) is 5.56 Å². The number of nitrogens with zero attached hydrogens (tertiary/aromatic N) is 3. The monoisotopic (exact) mass is 455 g/mol. The Kier molecular flexibility index (Phi) is 6.10. The van der Waals surface area contributed by atoms with Crippen LogP contribution in [-0.2, 0) is 11.8 Å². The van der Waals surface area contributed by atoms with Crippen molar-refractivity contribution in [3.8, 4) is 0 Å². The van der Waals surface area contributed by atoms with Crippen LogP contribution in [0, 0.1) is 12.7 Å². The smallest absolute Gasteiger partial charge is 0.223 e. The predicted octanol–water partition coefficient (Wildman–Crippen LogP) is 5.50. The Morgan fingerprint density at radius 2 is 1.68 bits per heavy atom. The van der Waals surface area contributed by atoms with Crippen molar-refractivity contribution in [3.05, 3.63) is 102 Å². The van der Waals surface area contributed by atoms with Gasteiger partial charge in [0, 0.05) is 62.7 Å². The number of hydrogen-bond donors (Lipinski definition) is 0. The van der Waals surface area contributed by atoms with Crippen LogP contribution < -0.4 is 4.90 Å². The summed E-state index contributed by atoms with van der Waals surface area (Å²) >= 11 is 0. The summed E-state index contributed by atoms with van der Waals surface area (Å²) in [7, 11) is 2.06. The molecule has 1 fully saturated rings. The quantitative estimate of drug-likeness (QED) is 0.398. The summed E-state index contributed by atoms with van der Waals surface area (Å²) in [4.78, 5) is 17.5. The standard InChI is InChI=1S/C29H30FN3O/c1-21-8-7-9-22(18-21)24(25-20-31(2)27-12-5-3-10-23(25)27)19-29(34)33-16-14-32(15-17-33)28-13-6-4-11-26(28)30/h3-13,18,20,24H,14-17,19H2,1-2H3. The maximum Gasteiger partial charge on any atom is 0.223 e. The second-order valence-corrected chi connectivity index (χ2v) is 9.20. The Labute approximate surface area is 200 Å². The van der Waals surface area contributed by atoms with Crippen LogP contribution in [0.2, 0.25) is 0 Å². The van der Waals surface area contributed by atoms with Crippen molar-refractivity contribution < 1.29 is 9.18 Å². The van der Waals surface area contributed by atoms with E-state index in [1.807, 2.05) is 21.9 Å². The molecule has 1 aliphatic rings. The molecule has 1 atom stereocenters. The Morgan fingerprint density at radius 3 is 2.44 bits per heavy atom. The van der Waals surface area contributed by atoms with Crippen molar-refractivity contribution in [1.82, 2.24) is 9.47 Å². The highest BCUT2D eigenvalue weighted by Gasteiger charge is 2.27. The molecule has 1 amide bonds. The van der Waals surface area contributed by atoms with Crippen molar-refractivity contribution in [1.29, 1.82) is 0 Å². The predicted molar refractivity (Wildman–Crippen MR) is 136 cm³/mol. The molecule has 5 rings (SSSR count). The lowest BCUT2D eigenvalue weighted by atomic mass is 9.87. The molecule has 0 saturated carbocycles. The van der Waals surface area contributed by atoms with Gasteiger partial charge < -0.3 is 14.4 Å². The van der Waals surface area contributed by atoms with E-state index in [1.54, 1.807) is 12.1 Å². The first-order valence-corrected chi connectivity index (χ1v) is 11.9. The minimum Gasteiger partial charge on any atom is -0.366 e. The molecule has 5 heteroatoms. The van der Waals surface area contributed by atoms with Crippen LogP contribution in [0.5, 0.6) is 0 Å². The molecule has 3 aromatic carbocycles. The van der Waals surface area contributed by atoms with E-state index in [4.69, 9.17) is 0 Å². The van der Waals surface area contributed by atoms with Crippen molar-refractivity contribution >= 4 is 22.5 Å². The van der Waals surface area contributed by atoms with Gasteiger partial charge in [0.15, 0.2) is 0 Å². The fraction of sp³-hybridized carbons (Fsp3) is 0.276. The Hall–Kier alpha value is -3.60. The summed E-state index contributed by atoms with van der Waals surface area (Å²) in [5, 5.41) is 1.19. The number of hydrogen-bond acceptors (Lipinski definition) is 2. The van der Waals surface area contributed by atoms with Gasteiger partial charge >= 0.3 is 0 Å². The van der Waals surface area contributed by atoms with E-state index < -0.39 is 0 Å². The molecule has 1 aromatic heterocycles. The first-order chi connectivity index (χ1) is 16.5. The lowest BCUT2D eigenvalue weighted by Crippen LogP contribution is -2.49. The number of carbonyl (C=O) groups excluding carboxylic acids is 1. The fourth-order valence-corrected chi connectivity index (χ4v) is 5.15. The Morgan fingerprint density at radius 1 is 0.941 bits per heavy atom. The zero-order chi connectivity index (χ0) is 23.7. The summed E-state index contributed by atoms with van der Waals surface area (Å²) in [5.41, 5.74) is 5.31. The number of benzene rings is 3. The number of amides is 1. The summed E-state index contributed by atoms with van der Waals surface area (Å²) in [6.45, 7) is 4.56. The van der Waals surface area contributed by atoms with Gasteiger partial charge in [0.2, 0.25) is 5.91 Å². The van der Waals surface area contributed by atoms with Crippen LogP contribution in [-0.4, -0.2) is 41.6 Å². The van der Waals surface area contributed by atoms with Gasteiger partial charge in [0.05, 0.1) is 5.69 Å². The third kappa shape index (κ3) is 4.30. The second-order valence-electron chi connectivity index (χ2n) is 9.20. The first kappa shape index (κ1) is 22.2. The van der Waals surface area contributed by atoms with Crippen LogP contribution in [0.3, 0.4) is 0 Å². The zero-order valence-corrected chi connectivity index (χ0v) is 19.7. The molecular weight excluding hydrogens is 425 g/mol. The molecule has 1 saturated heterocycles. The number of piperazine rings is 1. The molecule has 2 heterocycles. The topological polar surface area (TPSA) is 28.5 Å². The number of anilines is 1. The van der Waals surface area contributed by atoms with E-state index in [2.05, 4.69) is 67.2 Å². The van der Waals surface area contributed by atoms with Gasteiger partial charge in [-0.15, -0.1) is 0 Å².